The molecule has 0 bridgehead atoms. The predicted molar refractivity (Wildman–Crippen MR) is 124 cm³/mol. The normalized spacial score (nSPS) is 14.5. The highest BCUT2D eigenvalue weighted by atomic mass is 32.2. The highest BCUT2D eigenvalue weighted by Gasteiger charge is 2.19. The van der Waals surface area contributed by atoms with E-state index in [1.54, 1.807) is 0 Å². The van der Waals surface area contributed by atoms with Crippen LogP contribution in [-0.4, -0.2) is 69.7 Å². The zero-order valence-electron chi connectivity index (χ0n) is 18.5. The summed E-state index contributed by atoms with van der Waals surface area (Å²) in [7, 11) is -0.799. The quantitative estimate of drug-likeness (QED) is 0.598. The second-order valence-corrected chi connectivity index (χ2v) is 10.2. The van der Waals surface area contributed by atoms with Gasteiger partial charge in [-0.05, 0) is 68.2 Å². The van der Waals surface area contributed by atoms with Crippen LogP contribution in [0.3, 0.4) is 0 Å². The van der Waals surface area contributed by atoms with E-state index >= 15 is 0 Å². The average molecular weight is 459 g/mol. The maximum Gasteiger partial charge on any atom is 0.251 e. The van der Waals surface area contributed by atoms with Gasteiger partial charge in [-0.2, -0.15) is 0 Å². The third-order valence-electron chi connectivity index (χ3n) is 5.41. The first kappa shape index (κ1) is 23.9. The number of carbonyl (C=O) groups is 2. The van der Waals surface area contributed by atoms with Crippen molar-refractivity contribution >= 4 is 27.5 Å². The Labute approximate surface area is 189 Å². The Hall–Kier alpha value is -2.75. The molecule has 3 rings (SSSR count). The third-order valence-corrected chi connectivity index (χ3v) is 7.22. The molecule has 2 aromatic rings. The summed E-state index contributed by atoms with van der Waals surface area (Å²) in [4.78, 5) is 27.2. The fourth-order valence-electron chi connectivity index (χ4n) is 3.57. The lowest BCUT2D eigenvalue weighted by Crippen LogP contribution is -2.33. The van der Waals surface area contributed by atoms with E-state index in [0.29, 0.717) is 5.69 Å². The Balaban J connectivity index is 1.52. The first-order chi connectivity index (χ1) is 15.3. The molecule has 0 radical (unpaired) electrons. The number of amides is 2. The molecule has 0 saturated carbocycles. The SMILES string of the molecule is CN(C)S(=O)(=O)c1cccc(C(=O)NCC(=O)Nc2cccc(CCN3CCCC3)c2)c1. The summed E-state index contributed by atoms with van der Waals surface area (Å²) in [5.41, 5.74) is 2.00. The molecule has 2 N–H and O–H groups in total. The average Bonchev–Trinajstić information content (AvgIpc) is 3.30. The van der Waals surface area contributed by atoms with E-state index < -0.39 is 15.9 Å². The molecule has 172 valence electrons. The van der Waals surface area contributed by atoms with Gasteiger partial charge in [0.25, 0.3) is 5.91 Å². The van der Waals surface area contributed by atoms with Gasteiger partial charge >= 0.3 is 0 Å². The number of rotatable bonds is 9. The lowest BCUT2D eigenvalue weighted by atomic mass is 10.1. The van der Waals surface area contributed by atoms with Crippen LogP contribution < -0.4 is 10.6 Å². The van der Waals surface area contributed by atoms with Gasteiger partial charge in [0.1, 0.15) is 0 Å². The molecular weight excluding hydrogens is 428 g/mol. The maximum absolute atomic E-state index is 12.4. The fourth-order valence-corrected chi connectivity index (χ4v) is 4.52. The van der Waals surface area contributed by atoms with Gasteiger partial charge in [0.15, 0.2) is 0 Å². The number of likely N-dealkylation sites (tertiary alicyclic amines) is 1. The van der Waals surface area contributed by atoms with Crippen LogP contribution in [0.25, 0.3) is 0 Å². The summed E-state index contributed by atoms with van der Waals surface area (Å²) >= 11 is 0. The molecule has 2 aromatic carbocycles. The number of carbonyl (C=O) groups excluding carboxylic acids is 2. The van der Waals surface area contributed by atoms with Crippen LogP contribution in [0.1, 0.15) is 28.8 Å². The van der Waals surface area contributed by atoms with Gasteiger partial charge in [0.05, 0.1) is 11.4 Å². The van der Waals surface area contributed by atoms with Crippen LogP contribution >= 0.6 is 0 Å². The number of benzene rings is 2. The predicted octanol–water partition coefficient (Wildman–Crippen LogP) is 1.94. The van der Waals surface area contributed by atoms with Gasteiger partial charge in [-0.1, -0.05) is 18.2 Å². The lowest BCUT2D eigenvalue weighted by Gasteiger charge is -2.14. The van der Waals surface area contributed by atoms with E-state index in [1.807, 2.05) is 24.3 Å². The number of sulfonamides is 1. The Morgan fingerprint density at radius 1 is 1.03 bits per heavy atom. The van der Waals surface area contributed by atoms with Crippen molar-refractivity contribution in [2.75, 3.05) is 45.6 Å². The number of nitrogens with one attached hydrogen (secondary N) is 2. The Morgan fingerprint density at radius 3 is 2.47 bits per heavy atom. The van der Waals surface area contributed by atoms with E-state index in [0.717, 1.165) is 35.9 Å². The van der Waals surface area contributed by atoms with E-state index in [-0.39, 0.29) is 22.9 Å². The van der Waals surface area contributed by atoms with E-state index in [9.17, 15) is 18.0 Å². The van der Waals surface area contributed by atoms with Crippen LogP contribution in [0, 0.1) is 0 Å². The Bertz CT molecular complexity index is 1060. The standard InChI is InChI=1S/C23H30N4O4S/c1-26(2)32(30,31)21-10-6-8-19(16-21)23(29)24-17-22(28)25-20-9-5-7-18(15-20)11-14-27-12-3-4-13-27/h5-10,15-16H,3-4,11-14,17H2,1-2H3,(H,24,29)(H,25,28). The van der Waals surface area contributed by atoms with Gasteiger partial charge in [0.2, 0.25) is 15.9 Å². The maximum atomic E-state index is 12.4. The van der Waals surface area contributed by atoms with Crippen LogP contribution in [0.4, 0.5) is 5.69 Å². The minimum Gasteiger partial charge on any atom is -0.343 e. The summed E-state index contributed by atoms with van der Waals surface area (Å²) < 4.78 is 25.6. The molecule has 9 heteroatoms. The van der Waals surface area contributed by atoms with E-state index in [2.05, 4.69) is 15.5 Å². The molecule has 1 aliphatic rings. The number of hydrogen-bond donors (Lipinski definition) is 2. The molecule has 0 spiro atoms. The number of nitrogens with zero attached hydrogens (tertiary/aromatic N) is 2. The molecule has 0 atom stereocenters. The topological polar surface area (TPSA) is 98.8 Å². The summed E-state index contributed by atoms with van der Waals surface area (Å²) in [5.74, 6) is -0.873. The van der Waals surface area contributed by atoms with Gasteiger partial charge in [-0.25, -0.2) is 12.7 Å². The van der Waals surface area contributed by atoms with Crippen molar-refractivity contribution in [3.8, 4) is 0 Å². The molecule has 8 nitrogen and oxygen atoms in total. The molecule has 0 aromatic heterocycles. The molecule has 1 aliphatic heterocycles. The molecule has 2 amide bonds. The third kappa shape index (κ3) is 6.38. The fraction of sp³-hybridized carbons (Fsp3) is 0.391. The zero-order chi connectivity index (χ0) is 23.1. The summed E-state index contributed by atoms with van der Waals surface area (Å²) in [6.07, 6.45) is 3.45. The number of hydrogen-bond acceptors (Lipinski definition) is 5. The Morgan fingerprint density at radius 2 is 1.75 bits per heavy atom. The molecule has 32 heavy (non-hydrogen) atoms. The first-order valence-corrected chi connectivity index (χ1v) is 12.1. The smallest absolute Gasteiger partial charge is 0.251 e. The summed E-state index contributed by atoms with van der Waals surface area (Å²) in [6, 6.07) is 13.4. The number of anilines is 1. The van der Waals surface area contributed by atoms with E-state index in [1.165, 1.54) is 51.2 Å². The van der Waals surface area contributed by atoms with E-state index in [4.69, 9.17) is 0 Å². The second-order valence-electron chi connectivity index (χ2n) is 8.05. The van der Waals surface area contributed by atoms with Crippen molar-refractivity contribution in [2.45, 2.75) is 24.2 Å². The highest BCUT2D eigenvalue weighted by molar-refractivity contribution is 7.89. The molecule has 1 fully saturated rings. The van der Waals surface area contributed by atoms with Gasteiger partial charge in [-0.3, -0.25) is 9.59 Å². The van der Waals surface area contributed by atoms with Crippen LogP contribution in [0.5, 0.6) is 0 Å². The minimum absolute atomic E-state index is 0.0188. The highest BCUT2D eigenvalue weighted by Crippen LogP contribution is 2.15. The van der Waals surface area contributed by atoms with Crippen molar-refractivity contribution in [3.63, 3.8) is 0 Å². The van der Waals surface area contributed by atoms with Gasteiger partial charge in [0, 0.05) is 31.9 Å². The molecular formula is C23H30N4O4S. The van der Waals surface area contributed by atoms with Gasteiger partial charge in [-0.15, -0.1) is 0 Å². The molecule has 0 unspecified atom stereocenters. The van der Waals surface area contributed by atoms with Crippen molar-refractivity contribution in [1.82, 2.24) is 14.5 Å². The first-order valence-electron chi connectivity index (χ1n) is 10.7. The van der Waals surface area contributed by atoms with Crippen molar-refractivity contribution in [3.05, 3.63) is 59.7 Å². The molecule has 0 aliphatic carbocycles. The summed E-state index contributed by atoms with van der Waals surface area (Å²) in [6.45, 7) is 3.10. The summed E-state index contributed by atoms with van der Waals surface area (Å²) in [5, 5.41) is 5.34. The monoisotopic (exact) mass is 458 g/mol. The second kappa shape index (κ2) is 10.7. The molecule has 1 heterocycles. The van der Waals surface area contributed by atoms with Crippen molar-refractivity contribution < 1.29 is 18.0 Å². The van der Waals surface area contributed by atoms with Crippen LogP contribution in [0.15, 0.2) is 53.4 Å². The van der Waals surface area contributed by atoms with Gasteiger partial charge < -0.3 is 15.5 Å². The van der Waals surface area contributed by atoms with Crippen molar-refractivity contribution in [2.24, 2.45) is 0 Å². The van der Waals surface area contributed by atoms with Crippen molar-refractivity contribution in [1.29, 1.82) is 0 Å². The van der Waals surface area contributed by atoms with Crippen LogP contribution in [0.2, 0.25) is 0 Å². The van der Waals surface area contributed by atoms with Crippen LogP contribution in [-0.2, 0) is 21.2 Å². The molecule has 1 saturated heterocycles. The lowest BCUT2D eigenvalue weighted by molar-refractivity contribution is -0.115. The minimum atomic E-state index is -3.65. The zero-order valence-corrected chi connectivity index (χ0v) is 19.3. The Kier molecular flexibility index (Phi) is 8.00. The largest absolute Gasteiger partial charge is 0.343 e.